The van der Waals surface area contributed by atoms with Crippen molar-refractivity contribution in [2.75, 3.05) is 7.11 Å². The van der Waals surface area contributed by atoms with Gasteiger partial charge in [-0.05, 0) is 0 Å². The first kappa shape index (κ1) is 14.1. The predicted octanol–water partition coefficient (Wildman–Crippen LogP) is 4.36. The molecule has 11 rings (SSSR count). The first-order valence-corrected chi connectivity index (χ1v) is 17.8. The van der Waals surface area contributed by atoms with Crippen LogP contribution in [0.15, 0.2) is 0 Å². The summed E-state index contributed by atoms with van der Waals surface area (Å²) < 4.78 is 4.73. The van der Waals surface area contributed by atoms with Crippen LogP contribution >= 0.6 is 0 Å². The number of hydrogen-bond donors (Lipinski definition) is 0. The number of hydrogen-bond acceptors (Lipinski definition) is 5. The molecule has 5 nitrogen and oxygen atoms in total. The Morgan fingerprint density at radius 2 is 1.55 bits per heavy atom. The second-order valence-electron chi connectivity index (χ2n) is 14.3. The topological polar surface area (TPSA) is 77.5 Å². The maximum absolute atomic E-state index is 14.0. The predicted molar refractivity (Wildman–Crippen MR) is 98.2 cm³/mol. The second-order valence-corrected chi connectivity index (χ2v) is 37.5. The number of esters is 1. The molecule has 0 bridgehead atoms. The van der Waals surface area contributed by atoms with Gasteiger partial charge in [0.2, 0.25) is 0 Å². The van der Waals surface area contributed by atoms with Crippen LogP contribution < -0.4 is 0 Å². The van der Waals surface area contributed by atoms with Crippen molar-refractivity contribution in [1.29, 1.82) is 0 Å². The minimum atomic E-state index is -4.14. The molecule has 0 aromatic heterocycles. The van der Waals surface area contributed by atoms with E-state index in [2.05, 4.69) is 0 Å². The molecule has 9 atom stereocenters. The summed E-state index contributed by atoms with van der Waals surface area (Å²) in [6.07, 6.45) is 4.80. The third-order valence-corrected chi connectivity index (χ3v) is 61.2. The van der Waals surface area contributed by atoms with E-state index in [0.29, 0.717) is 50.1 Å². The van der Waals surface area contributed by atoms with Gasteiger partial charge < -0.3 is 0 Å². The fourth-order valence-electron chi connectivity index (χ4n) is 20.2. The number of ether oxygens (including phenoxy) is 1. The van der Waals surface area contributed by atoms with Crippen LogP contribution in [0.25, 0.3) is 0 Å². The fraction of sp³-hybridized carbons (Fsp3) is 0.826. The molecule has 11 aliphatic rings. The van der Waals surface area contributed by atoms with Crippen LogP contribution in [0.4, 0.5) is 0 Å². The molecular weight excluding hydrogens is 412 g/mol. The zero-order chi connectivity index (χ0) is 19.5. The van der Waals surface area contributed by atoms with Gasteiger partial charge in [0.15, 0.2) is 0 Å². The number of rotatable bonds is 8. The van der Waals surface area contributed by atoms with E-state index < -0.39 is 6.51 Å². The van der Waals surface area contributed by atoms with Crippen LogP contribution in [0.5, 0.6) is 0 Å². The Labute approximate surface area is 159 Å². The van der Waals surface area contributed by atoms with Crippen molar-refractivity contribution in [3.63, 3.8) is 0 Å². The molecule has 1 aliphatic carbocycles. The first-order chi connectivity index (χ1) is 13.7. The number of carbonyl (C=O) groups excluding carboxylic acids is 4. The van der Waals surface area contributed by atoms with Gasteiger partial charge in [-0.2, -0.15) is 0 Å². The van der Waals surface area contributed by atoms with Gasteiger partial charge in [0.05, 0.1) is 0 Å². The summed E-state index contributed by atoms with van der Waals surface area (Å²) in [5.74, 6) is 0.667. The molecule has 6 heteroatoms. The summed E-state index contributed by atoms with van der Waals surface area (Å²) in [7, 11) is 1.41. The molecule has 9 unspecified atom stereocenters. The van der Waals surface area contributed by atoms with Gasteiger partial charge in [-0.3, -0.25) is 0 Å². The van der Waals surface area contributed by atoms with Gasteiger partial charge in [0, 0.05) is 0 Å². The zero-order valence-electron chi connectivity index (χ0n) is 16.5. The van der Waals surface area contributed by atoms with Gasteiger partial charge in [0.1, 0.15) is 0 Å². The van der Waals surface area contributed by atoms with Crippen molar-refractivity contribution in [1.82, 2.24) is 0 Å². The molecule has 10 heterocycles. The molecule has 156 valence electrons. The van der Waals surface area contributed by atoms with Crippen molar-refractivity contribution in [3.8, 4) is 0 Å². The Kier molecular flexibility index (Phi) is 0.839. The Hall–Kier alpha value is -1.00. The number of ketones is 3. The Morgan fingerprint density at radius 3 is 2.07 bits per heavy atom. The first-order valence-electron chi connectivity index (χ1n) is 11.6. The number of Topliss-reactive ketones (excluding diaryl/α,β-unsaturated/α-hetero) is 3. The SMILES string of the molecule is COC(=O)CCCCC(=O)[C]12[CH]3[CH]4[CH]5[CH]1[Fe]45321678[CH]2[CH]1[CH]6[C]7(C(=O)C1CCCC1=O)[CH]28. The second kappa shape index (κ2) is 1.72. The van der Waals surface area contributed by atoms with Crippen molar-refractivity contribution >= 4 is 23.3 Å². The molecule has 10 aliphatic heterocycles. The number of fused-ring (bicyclic) bond motifs is 10. The molecule has 0 radical (unpaired) electrons. The van der Waals surface area contributed by atoms with Crippen LogP contribution in [0.1, 0.15) is 44.9 Å². The average molecular weight is 438 g/mol. The number of unbranched alkanes of at least 4 members (excludes halogenated alkanes) is 1. The normalized spacial score (nSPS) is 82.2. The van der Waals surface area contributed by atoms with Gasteiger partial charge in [-0.15, -0.1) is 0 Å². The summed E-state index contributed by atoms with van der Waals surface area (Å²) in [6.45, 7) is -4.14. The maximum atomic E-state index is 14.0. The molecule has 1 spiro atoms. The fourth-order valence-corrected chi connectivity index (χ4v) is 96.1. The van der Waals surface area contributed by atoms with E-state index in [4.69, 9.17) is 4.74 Å². The van der Waals surface area contributed by atoms with E-state index in [1.165, 1.54) is 7.11 Å². The quantitative estimate of drug-likeness (QED) is 0.244. The Balaban J connectivity index is 1.03. The van der Waals surface area contributed by atoms with E-state index in [9.17, 15) is 19.2 Å². The van der Waals surface area contributed by atoms with E-state index in [1.807, 2.05) is 0 Å². The van der Waals surface area contributed by atoms with Gasteiger partial charge in [-0.1, -0.05) is 0 Å². The number of methoxy groups -OCH3 is 1. The van der Waals surface area contributed by atoms with Crippen LogP contribution in [0.3, 0.4) is 0 Å². The van der Waals surface area contributed by atoms with Gasteiger partial charge in [-0.25, -0.2) is 0 Å². The summed E-state index contributed by atoms with van der Waals surface area (Å²) in [5, 5.41) is 0. The molecule has 1 saturated carbocycles. The van der Waals surface area contributed by atoms with Crippen molar-refractivity contribution in [2.24, 2.45) is 5.92 Å². The van der Waals surface area contributed by atoms with E-state index in [1.54, 1.807) is 0 Å². The standard InChI is InChI=1S/C12H15O3.C11H11O2.Fe/c1-15-12(14)9-5-4-8-11(13)10-6-2-3-7-10;12-10-7-3-6-9(10)11(13)8-4-1-2-5-8;/h2-3,6-7H,4-5,8-9H2,1H3;1-2,4-5,9H,3,6-7H2;. The third kappa shape index (κ3) is 0.250. The summed E-state index contributed by atoms with van der Waals surface area (Å²) in [5.41, 5.74) is 0. The van der Waals surface area contributed by atoms with Crippen LogP contribution in [0.2, 0.25) is 47.2 Å². The Morgan fingerprint density at radius 1 is 0.966 bits per heavy atom. The average Bonchev–Trinajstić information content (AvgIpc) is 3.61. The molecule has 0 N–H and O–H groups in total. The molecule has 0 aromatic carbocycles. The monoisotopic (exact) mass is 438 g/mol. The van der Waals surface area contributed by atoms with E-state index in [-0.39, 0.29) is 26.3 Å². The molecule has 29 heavy (non-hydrogen) atoms. The third-order valence-electron chi connectivity index (χ3n) is 18.5. The van der Waals surface area contributed by atoms with Crippen molar-refractivity contribution in [3.05, 3.63) is 0 Å². The summed E-state index contributed by atoms with van der Waals surface area (Å²) in [4.78, 5) is 58.0. The van der Waals surface area contributed by atoms with Crippen LogP contribution in [-0.2, 0) is 30.4 Å². The van der Waals surface area contributed by atoms with Crippen molar-refractivity contribution in [2.45, 2.75) is 92.1 Å². The molecular formula is C23H26FeO5. The van der Waals surface area contributed by atoms with Gasteiger partial charge >= 0.3 is 159 Å². The van der Waals surface area contributed by atoms with Crippen LogP contribution in [-0.4, -0.2) is 30.4 Å². The van der Waals surface area contributed by atoms with Gasteiger partial charge in [0.25, 0.3) is 0 Å². The van der Waals surface area contributed by atoms with E-state index >= 15 is 0 Å². The molecule has 11 fully saturated rings. The van der Waals surface area contributed by atoms with E-state index in [0.717, 1.165) is 44.9 Å². The van der Waals surface area contributed by atoms with Crippen LogP contribution in [0, 0.1) is 5.92 Å². The molecule has 10 saturated heterocycles. The zero-order valence-corrected chi connectivity index (χ0v) is 17.6. The summed E-state index contributed by atoms with van der Waals surface area (Å²) in [6, 6.07) is 0. The van der Waals surface area contributed by atoms with Crippen molar-refractivity contribution < 1.29 is 30.4 Å². The number of carbonyl (C=O) groups is 4. The Bertz CT molecular complexity index is 1470. The minimum absolute atomic E-state index is 0.0270. The summed E-state index contributed by atoms with van der Waals surface area (Å²) >= 11 is 0. The molecule has 0 aromatic rings. The molecule has 0 amide bonds.